The van der Waals surface area contributed by atoms with Crippen LogP contribution in [0.25, 0.3) is 0 Å². The molecule has 100 valence electrons. The molecule has 0 atom stereocenters. The molecule has 0 bridgehead atoms. The Morgan fingerprint density at radius 3 is 2.22 bits per heavy atom. The van der Waals surface area contributed by atoms with Gasteiger partial charge in [-0.3, -0.25) is 9.69 Å². The SMILES string of the molecule is O=C(CN(CCO)CCO)c1ccc(O)cc1O. The van der Waals surface area contributed by atoms with E-state index in [2.05, 4.69) is 0 Å². The molecule has 6 nitrogen and oxygen atoms in total. The van der Waals surface area contributed by atoms with Crippen molar-refractivity contribution in [3.63, 3.8) is 0 Å². The highest BCUT2D eigenvalue weighted by atomic mass is 16.3. The van der Waals surface area contributed by atoms with Crippen LogP contribution in [0.5, 0.6) is 11.5 Å². The van der Waals surface area contributed by atoms with Gasteiger partial charge in [-0.2, -0.15) is 0 Å². The van der Waals surface area contributed by atoms with E-state index in [0.29, 0.717) is 0 Å². The number of phenolic OH excluding ortho intramolecular Hbond substituents is 2. The van der Waals surface area contributed by atoms with E-state index in [1.165, 1.54) is 12.1 Å². The minimum Gasteiger partial charge on any atom is -0.508 e. The van der Waals surface area contributed by atoms with Crippen molar-refractivity contribution in [2.45, 2.75) is 0 Å². The molecule has 1 aromatic carbocycles. The molecule has 0 aliphatic heterocycles. The first-order valence-corrected chi connectivity index (χ1v) is 5.57. The lowest BCUT2D eigenvalue weighted by Crippen LogP contribution is -2.34. The largest absolute Gasteiger partial charge is 0.508 e. The molecule has 0 unspecified atom stereocenters. The Bertz CT molecular complexity index is 401. The van der Waals surface area contributed by atoms with Crippen molar-refractivity contribution < 1.29 is 25.2 Å². The number of hydrogen-bond donors (Lipinski definition) is 4. The fourth-order valence-corrected chi connectivity index (χ4v) is 1.60. The Morgan fingerprint density at radius 1 is 1.11 bits per heavy atom. The topological polar surface area (TPSA) is 101 Å². The number of benzene rings is 1. The summed E-state index contributed by atoms with van der Waals surface area (Å²) >= 11 is 0. The highest BCUT2D eigenvalue weighted by Crippen LogP contribution is 2.23. The van der Waals surface area contributed by atoms with Gasteiger partial charge in [0, 0.05) is 19.2 Å². The van der Waals surface area contributed by atoms with E-state index in [-0.39, 0.29) is 55.7 Å². The smallest absolute Gasteiger partial charge is 0.180 e. The summed E-state index contributed by atoms with van der Waals surface area (Å²) in [4.78, 5) is 13.5. The predicted octanol–water partition coefficient (Wildman–Crippen LogP) is -0.433. The molecule has 0 saturated carbocycles. The summed E-state index contributed by atoms with van der Waals surface area (Å²) in [7, 11) is 0. The first-order chi connectivity index (χ1) is 8.58. The van der Waals surface area contributed by atoms with E-state index in [1.54, 1.807) is 4.90 Å². The van der Waals surface area contributed by atoms with E-state index < -0.39 is 0 Å². The summed E-state index contributed by atoms with van der Waals surface area (Å²) in [5.41, 5.74) is 0.105. The Hall–Kier alpha value is -1.63. The number of Topliss-reactive ketones (excluding diaryl/α,β-unsaturated/α-hetero) is 1. The fourth-order valence-electron chi connectivity index (χ4n) is 1.60. The van der Waals surface area contributed by atoms with Crippen LogP contribution in [0, 0.1) is 0 Å². The second-order valence-corrected chi connectivity index (χ2v) is 3.85. The number of nitrogens with zero attached hydrogens (tertiary/aromatic N) is 1. The molecular formula is C12H17NO5. The van der Waals surface area contributed by atoms with Gasteiger partial charge in [0.1, 0.15) is 11.5 Å². The molecule has 0 fully saturated rings. The van der Waals surface area contributed by atoms with E-state index in [0.717, 1.165) is 6.07 Å². The minimum atomic E-state index is -0.339. The number of aliphatic hydroxyl groups is 2. The van der Waals surface area contributed by atoms with Crippen LogP contribution in [0.2, 0.25) is 0 Å². The van der Waals surface area contributed by atoms with Crippen LogP contribution in [-0.2, 0) is 0 Å². The van der Waals surface area contributed by atoms with Crippen molar-refractivity contribution in [3.05, 3.63) is 23.8 Å². The number of carbonyl (C=O) groups excluding carboxylic acids is 1. The van der Waals surface area contributed by atoms with E-state index in [4.69, 9.17) is 15.3 Å². The average molecular weight is 255 g/mol. The molecule has 0 radical (unpaired) electrons. The summed E-state index contributed by atoms with van der Waals surface area (Å²) in [6, 6.07) is 3.74. The van der Waals surface area contributed by atoms with Crippen molar-refractivity contribution in [3.8, 4) is 11.5 Å². The van der Waals surface area contributed by atoms with E-state index in [1.807, 2.05) is 0 Å². The summed E-state index contributed by atoms with van der Waals surface area (Å²) in [6.07, 6.45) is 0. The average Bonchev–Trinajstić information content (AvgIpc) is 2.29. The molecule has 0 aliphatic carbocycles. The van der Waals surface area contributed by atoms with Gasteiger partial charge in [-0.15, -0.1) is 0 Å². The molecule has 0 saturated heterocycles. The third-order valence-corrected chi connectivity index (χ3v) is 2.48. The fraction of sp³-hybridized carbons (Fsp3) is 0.417. The molecule has 0 heterocycles. The van der Waals surface area contributed by atoms with Gasteiger partial charge in [0.05, 0.1) is 25.3 Å². The summed E-state index contributed by atoms with van der Waals surface area (Å²) in [5, 5.41) is 36.3. The molecule has 1 aromatic rings. The molecule has 0 spiro atoms. The summed E-state index contributed by atoms with van der Waals surface area (Å²) in [6.45, 7) is 0.291. The Balaban J connectivity index is 2.73. The Kier molecular flexibility index (Phi) is 5.57. The number of carbonyl (C=O) groups is 1. The third-order valence-electron chi connectivity index (χ3n) is 2.48. The maximum atomic E-state index is 11.9. The zero-order valence-corrected chi connectivity index (χ0v) is 9.91. The highest BCUT2D eigenvalue weighted by Gasteiger charge is 2.15. The molecular weight excluding hydrogens is 238 g/mol. The molecule has 6 heteroatoms. The van der Waals surface area contributed by atoms with Crippen LogP contribution in [0.15, 0.2) is 18.2 Å². The lowest BCUT2D eigenvalue weighted by atomic mass is 10.1. The molecule has 0 aliphatic rings. The lowest BCUT2D eigenvalue weighted by Gasteiger charge is -2.19. The van der Waals surface area contributed by atoms with Gasteiger partial charge in [0.25, 0.3) is 0 Å². The Morgan fingerprint density at radius 2 is 1.72 bits per heavy atom. The van der Waals surface area contributed by atoms with Gasteiger partial charge < -0.3 is 20.4 Å². The van der Waals surface area contributed by atoms with Crippen molar-refractivity contribution >= 4 is 5.78 Å². The zero-order valence-electron chi connectivity index (χ0n) is 9.91. The summed E-state index contributed by atoms with van der Waals surface area (Å²) < 4.78 is 0. The number of rotatable bonds is 7. The van der Waals surface area contributed by atoms with Gasteiger partial charge >= 0.3 is 0 Å². The number of ketones is 1. The Labute approximate surface area is 105 Å². The highest BCUT2D eigenvalue weighted by molar-refractivity contribution is 6.00. The second-order valence-electron chi connectivity index (χ2n) is 3.85. The van der Waals surface area contributed by atoms with Crippen molar-refractivity contribution in [1.82, 2.24) is 4.90 Å². The first kappa shape index (κ1) is 14.4. The number of hydrogen-bond acceptors (Lipinski definition) is 6. The minimum absolute atomic E-state index is 0.0144. The lowest BCUT2D eigenvalue weighted by molar-refractivity contribution is 0.0891. The van der Waals surface area contributed by atoms with E-state index in [9.17, 15) is 9.90 Å². The van der Waals surface area contributed by atoms with Gasteiger partial charge in [-0.05, 0) is 12.1 Å². The van der Waals surface area contributed by atoms with Crippen LogP contribution in [0.3, 0.4) is 0 Å². The second kappa shape index (κ2) is 6.95. The molecule has 18 heavy (non-hydrogen) atoms. The van der Waals surface area contributed by atoms with Crippen molar-refractivity contribution in [2.24, 2.45) is 0 Å². The van der Waals surface area contributed by atoms with Crippen molar-refractivity contribution in [2.75, 3.05) is 32.8 Å². The number of aliphatic hydroxyl groups excluding tert-OH is 2. The van der Waals surface area contributed by atoms with Crippen LogP contribution >= 0.6 is 0 Å². The number of aromatic hydroxyl groups is 2. The number of phenols is 2. The molecule has 0 amide bonds. The van der Waals surface area contributed by atoms with Gasteiger partial charge in [-0.1, -0.05) is 0 Å². The first-order valence-electron chi connectivity index (χ1n) is 5.57. The van der Waals surface area contributed by atoms with Gasteiger partial charge in [0.15, 0.2) is 5.78 Å². The maximum Gasteiger partial charge on any atom is 0.180 e. The zero-order chi connectivity index (χ0) is 13.5. The van der Waals surface area contributed by atoms with Crippen LogP contribution in [0.1, 0.15) is 10.4 Å². The molecule has 1 rings (SSSR count). The molecule has 4 N–H and O–H groups in total. The normalized spacial score (nSPS) is 10.8. The molecule has 0 aromatic heterocycles. The van der Waals surface area contributed by atoms with Crippen LogP contribution in [0.4, 0.5) is 0 Å². The van der Waals surface area contributed by atoms with Crippen LogP contribution in [-0.4, -0.2) is 64.0 Å². The quantitative estimate of drug-likeness (QED) is 0.493. The monoisotopic (exact) mass is 255 g/mol. The van der Waals surface area contributed by atoms with Crippen LogP contribution < -0.4 is 0 Å². The van der Waals surface area contributed by atoms with E-state index >= 15 is 0 Å². The maximum absolute atomic E-state index is 11.9. The summed E-state index contributed by atoms with van der Waals surface area (Å²) in [5.74, 6) is -0.742. The third kappa shape index (κ3) is 3.99. The van der Waals surface area contributed by atoms with Crippen molar-refractivity contribution in [1.29, 1.82) is 0 Å². The predicted molar refractivity (Wildman–Crippen MR) is 64.7 cm³/mol. The van der Waals surface area contributed by atoms with Gasteiger partial charge in [-0.25, -0.2) is 0 Å². The standard InChI is InChI=1S/C12H17NO5/c14-5-3-13(4-6-15)8-12(18)10-2-1-9(16)7-11(10)17/h1-2,7,14-17H,3-6,8H2. The van der Waals surface area contributed by atoms with Gasteiger partial charge in [0.2, 0.25) is 0 Å².